The Balaban J connectivity index is 1.93. The summed E-state index contributed by atoms with van der Waals surface area (Å²) in [6, 6.07) is 12.3. The predicted octanol–water partition coefficient (Wildman–Crippen LogP) is 3.41. The highest BCUT2D eigenvalue weighted by molar-refractivity contribution is 5.69. The molecule has 21 heavy (non-hydrogen) atoms. The van der Waals surface area contributed by atoms with E-state index in [0.717, 1.165) is 48.8 Å². The number of benzene rings is 1. The van der Waals surface area contributed by atoms with Gasteiger partial charge in [0, 0.05) is 12.6 Å². The van der Waals surface area contributed by atoms with Gasteiger partial charge in [0.1, 0.15) is 5.75 Å². The van der Waals surface area contributed by atoms with Gasteiger partial charge in [-0.25, -0.2) is 0 Å². The van der Waals surface area contributed by atoms with Crippen molar-refractivity contribution in [1.82, 2.24) is 4.98 Å². The fraction of sp³-hybridized carbons (Fsp3) is 0.353. The summed E-state index contributed by atoms with van der Waals surface area (Å²) in [5, 5.41) is 0. The van der Waals surface area contributed by atoms with Crippen molar-refractivity contribution in [3.8, 4) is 5.75 Å². The van der Waals surface area contributed by atoms with Crippen LogP contribution in [0.5, 0.6) is 5.75 Å². The Bertz CT molecular complexity index is 597. The summed E-state index contributed by atoms with van der Waals surface area (Å²) in [6.45, 7) is 3.75. The Kier molecular flexibility index (Phi) is 4.06. The largest absolute Gasteiger partial charge is 0.491 e. The molecule has 110 valence electrons. The Morgan fingerprint density at radius 3 is 2.90 bits per heavy atom. The maximum absolute atomic E-state index is 6.03. The second-order valence-electron chi connectivity index (χ2n) is 5.28. The monoisotopic (exact) mass is 283 g/mol. The number of aromatic nitrogens is 1. The molecule has 1 aromatic carbocycles. The van der Waals surface area contributed by atoms with E-state index in [-0.39, 0.29) is 6.04 Å². The zero-order chi connectivity index (χ0) is 14.7. The molecule has 2 N–H and O–H groups in total. The van der Waals surface area contributed by atoms with E-state index in [2.05, 4.69) is 28.9 Å². The Morgan fingerprint density at radius 1 is 1.29 bits per heavy atom. The summed E-state index contributed by atoms with van der Waals surface area (Å²) >= 11 is 0. The lowest BCUT2D eigenvalue weighted by Crippen LogP contribution is -2.18. The molecule has 1 aromatic heterocycles. The fourth-order valence-electron chi connectivity index (χ4n) is 2.58. The van der Waals surface area contributed by atoms with Crippen molar-refractivity contribution in [2.75, 3.05) is 18.1 Å². The first-order chi connectivity index (χ1) is 10.3. The quantitative estimate of drug-likeness (QED) is 0.938. The van der Waals surface area contributed by atoms with E-state index in [1.807, 2.05) is 30.5 Å². The van der Waals surface area contributed by atoms with Crippen molar-refractivity contribution in [1.29, 1.82) is 0 Å². The van der Waals surface area contributed by atoms with Gasteiger partial charge in [-0.1, -0.05) is 19.1 Å². The molecule has 1 aliphatic rings. The Labute approximate surface area is 125 Å². The first kappa shape index (κ1) is 13.9. The average molecular weight is 283 g/mol. The van der Waals surface area contributed by atoms with Gasteiger partial charge in [-0.15, -0.1) is 0 Å². The van der Waals surface area contributed by atoms with Crippen molar-refractivity contribution in [3.63, 3.8) is 0 Å². The summed E-state index contributed by atoms with van der Waals surface area (Å²) in [7, 11) is 0. The summed E-state index contributed by atoms with van der Waals surface area (Å²) in [5.41, 5.74) is 9.16. The van der Waals surface area contributed by atoms with E-state index in [0.29, 0.717) is 0 Å². The van der Waals surface area contributed by atoms with Crippen LogP contribution in [0.1, 0.15) is 31.5 Å². The summed E-state index contributed by atoms with van der Waals surface area (Å²) in [4.78, 5) is 6.78. The van der Waals surface area contributed by atoms with Gasteiger partial charge in [0.05, 0.1) is 29.9 Å². The highest BCUT2D eigenvalue weighted by Gasteiger charge is 2.17. The van der Waals surface area contributed by atoms with Crippen LogP contribution in [0.4, 0.5) is 11.4 Å². The molecule has 0 aliphatic carbocycles. The molecule has 2 heterocycles. The zero-order valence-electron chi connectivity index (χ0n) is 12.3. The molecule has 1 aliphatic heterocycles. The number of rotatable bonds is 3. The van der Waals surface area contributed by atoms with Gasteiger partial charge in [0.2, 0.25) is 0 Å². The zero-order valence-corrected chi connectivity index (χ0v) is 12.3. The molecule has 0 saturated carbocycles. The SMILES string of the molecule is CC[C@H](N)c1ccc(N2CCCOc3ccccc32)cn1. The number of hydrogen-bond acceptors (Lipinski definition) is 4. The number of ether oxygens (including phenoxy) is 1. The minimum atomic E-state index is 0.0128. The Hall–Kier alpha value is -2.07. The normalized spacial score (nSPS) is 15.8. The van der Waals surface area contributed by atoms with Crippen LogP contribution in [0, 0.1) is 0 Å². The molecule has 0 radical (unpaired) electrons. The highest BCUT2D eigenvalue weighted by atomic mass is 16.5. The van der Waals surface area contributed by atoms with Gasteiger partial charge in [-0.2, -0.15) is 0 Å². The van der Waals surface area contributed by atoms with Crippen molar-refractivity contribution < 1.29 is 4.74 Å². The van der Waals surface area contributed by atoms with E-state index in [1.54, 1.807) is 0 Å². The minimum absolute atomic E-state index is 0.0128. The van der Waals surface area contributed by atoms with Crippen LogP contribution >= 0.6 is 0 Å². The van der Waals surface area contributed by atoms with E-state index in [4.69, 9.17) is 10.5 Å². The first-order valence-corrected chi connectivity index (χ1v) is 7.50. The van der Waals surface area contributed by atoms with Gasteiger partial charge in [-0.05, 0) is 37.1 Å². The van der Waals surface area contributed by atoms with E-state index in [9.17, 15) is 0 Å². The van der Waals surface area contributed by atoms with Gasteiger partial charge in [0.15, 0.2) is 0 Å². The number of nitrogens with two attached hydrogens (primary N) is 1. The number of pyridine rings is 1. The molecule has 1 atom stereocenters. The summed E-state index contributed by atoms with van der Waals surface area (Å²) in [6.07, 6.45) is 3.80. The highest BCUT2D eigenvalue weighted by Crippen LogP contribution is 2.35. The second-order valence-corrected chi connectivity index (χ2v) is 5.28. The third-order valence-electron chi connectivity index (χ3n) is 3.84. The van der Waals surface area contributed by atoms with Gasteiger partial charge in [-0.3, -0.25) is 4.98 Å². The second kappa shape index (κ2) is 6.14. The van der Waals surface area contributed by atoms with Crippen molar-refractivity contribution in [3.05, 3.63) is 48.3 Å². The minimum Gasteiger partial charge on any atom is -0.491 e. The van der Waals surface area contributed by atoms with Crippen LogP contribution in [0.15, 0.2) is 42.6 Å². The van der Waals surface area contributed by atoms with Gasteiger partial charge >= 0.3 is 0 Å². The molecule has 4 heteroatoms. The van der Waals surface area contributed by atoms with Crippen LogP contribution in [-0.4, -0.2) is 18.1 Å². The van der Waals surface area contributed by atoms with Crippen molar-refractivity contribution in [2.45, 2.75) is 25.8 Å². The third-order valence-corrected chi connectivity index (χ3v) is 3.84. The van der Waals surface area contributed by atoms with E-state index >= 15 is 0 Å². The molecule has 0 amide bonds. The third kappa shape index (κ3) is 2.85. The smallest absolute Gasteiger partial charge is 0.142 e. The average Bonchev–Trinajstić information content (AvgIpc) is 2.77. The molecular weight excluding hydrogens is 262 g/mol. The van der Waals surface area contributed by atoms with Crippen molar-refractivity contribution in [2.24, 2.45) is 5.73 Å². The van der Waals surface area contributed by atoms with Crippen LogP contribution in [0.3, 0.4) is 0 Å². The maximum atomic E-state index is 6.03. The lowest BCUT2D eigenvalue weighted by Gasteiger charge is -2.24. The molecule has 0 bridgehead atoms. The molecule has 4 nitrogen and oxygen atoms in total. The number of hydrogen-bond donors (Lipinski definition) is 1. The molecule has 3 rings (SSSR count). The molecule has 0 saturated heterocycles. The van der Waals surface area contributed by atoms with Gasteiger partial charge in [0.25, 0.3) is 0 Å². The van der Waals surface area contributed by atoms with E-state index < -0.39 is 0 Å². The maximum Gasteiger partial charge on any atom is 0.142 e. The molecular formula is C17H21N3O. The van der Waals surface area contributed by atoms with Crippen LogP contribution < -0.4 is 15.4 Å². The van der Waals surface area contributed by atoms with Crippen LogP contribution in [0.2, 0.25) is 0 Å². The summed E-state index contributed by atoms with van der Waals surface area (Å²) in [5.74, 6) is 0.935. The van der Waals surface area contributed by atoms with Crippen LogP contribution in [0.25, 0.3) is 0 Å². The number of nitrogens with zero attached hydrogens (tertiary/aromatic N) is 2. The number of para-hydroxylation sites is 2. The summed E-state index contributed by atoms with van der Waals surface area (Å²) < 4.78 is 5.80. The molecule has 2 aromatic rings. The first-order valence-electron chi connectivity index (χ1n) is 7.50. The topological polar surface area (TPSA) is 51.4 Å². The fourth-order valence-corrected chi connectivity index (χ4v) is 2.58. The van der Waals surface area contributed by atoms with Gasteiger partial charge < -0.3 is 15.4 Å². The lowest BCUT2D eigenvalue weighted by molar-refractivity contribution is 0.322. The number of fused-ring (bicyclic) bond motifs is 1. The molecule has 0 unspecified atom stereocenters. The number of anilines is 2. The van der Waals surface area contributed by atoms with Crippen LogP contribution in [-0.2, 0) is 0 Å². The van der Waals surface area contributed by atoms with Crippen molar-refractivity contribution >= 4 is 11.4 Å². The molecule has 0 fully saturated rings. The Morgan fingerprint density at radius 2 is 2.14 bits per heavy atom. The predicted molar refractivity (Wildman–Crippen MR) is 85.0 cm³/mol. The standard InChI is InChI=1S/C17H21N3O/c1-2-14(18)15-9-8-13(12-19-15)20-10-5-11-21-17-7-4-3-6-16(17)20/h3-4,6-9,12,14H,2,5,10-11,18H2,1H3/t14-/m0/s1. The lowest BCUT2D eigenvalue weighted by atomic mass is 10.1. The molecule has 0 spiro atoms. The van der Waals surface area contributed by atoms with E-state index in [1.165, 1.54) is 0 Å².